The number of urea groups is 1. The highest BCUT2D eigenvalue weighted by Crippen LogP contribution is 2.34. The molecule has 0 saturated carbocycles. The first kappa shape index (κ1) is 31.7. The monoisotopic (exact) mass is 640 g/mol. The van der Waals surface area contributed by atoms with Crippen molar-refractivity contribution in [3.05, 3.63) is 90.0 Å². The zero-order valence-corrected chi connectivity index (χ0v) is 25.2. The van der Waals surface area contributed by atoms with E-state index in [0.717, 1.165) is 22.9 Å². The van der Waals surface area contributed by atoms with Crippen LogP contribution in [0.2, 0.25) is 0 Å². The van der Waals surface area contributed by atoms with Crippen LogP contribution in [-0.2, 0) is 11.2 Å². The van der Waals surface area contributed by atoms with Gasteiger partial charge in [0, 0.05) is 11.6 Å². The SMILES string of the molecule is CC(Cc1ccc(-c2ncn(-c3ccc(OC(F)(F)F)cc3)n2)cc1)NC(=O)N=C1SCC(=O)N1c1ccc(F)cc1C(C)C. The second-order valence-corrected chi connectivity index (χ2v) is 11.5. The molecule has 3 aromatic carbocycles. The minimum atomic E-state index is -4.77. The lowest BCUT2D eigenvalue weighted by molar-refractivity contribution is -0.274. The largest absolute Gasteiger partial charge is 0.573 e. The van der Waals surface area contributed by atoms with E-state index in [1.165, 1.54) is 58.4 Å². The number of amidine groups is 1. The van der Waals surface area contributed by atoms with Gasteiger partial charge in [-0.15, -0.1) is 18.3 Å². The Kier molecular flexibility index (Phi) is 9.23. The van der Waals surface area contributed by atoms with Gasteiger partial charge in [-0.3, -0.25) is 9.69 Å². The summed E-state index contributed by atoms with van der Waals surface area (Å²) in [6, 6.07) is 16.0. The third-order valence-electron chi connectivity index (χ3n) is 6.77. The molecule has 0 spiro atoms. The molecule has 5 rings (SSSR count). The van der Waals surface area contributed by atoms with E-state index in [-0.39, 0.29) is 34.5 Å². The van der Waals surface area contributed by atoms with E-state index >= 15 is 0 Å². The van der Waals surface area contributed by atoms with Crippen LogP contribution in [0.1, 0.15) is 37.8 Å². The molecule has 1 unspecified atom stereocenters. The molecule has 0 radical (unpaired) electrons. The summed E-state index contributed by atoms with van der Waals surface area (Å²) in [4.78, 5) is 35.3. The summed E-state index contributed by atoms with van der Waals surface area (Å²) < 4.78 is 56.5. The molecule has 1 aromatic heterocycles. The van der Waals surface area contributed by atoms with Gasteiger partial charge in [-0.1, -0.05) is 49.9 Å². The van der Waals surface area contributed by atoms with Gasteiger partial charge in [0.25, 0.3) is 0 Å². The maximum absolute atomic E-state index is 13.9. The predicted octanol–water partition coefficient (Wildman–Crippen LogP) is 6.87. The van der Waals surface area contributed by atoms with Crippen molar-refractivity contribution in [1.82, 2.24) is 20.1 Å². The van der Waals surface area contributed by atoms with Crippen molar-refractivity contribution in [3.63, 3.8) is 0 Å². The van der Waals surface area contributed by atoms with Crippen molar-refractivity contribution >= 4 is 34.6 Å². The lowest BCUT2D eigenvalue weighted by atomic mass is 10.0. The number of nitrogens with zero attached hydrogens (tertiary/aromatic N) is 5. The molecule has 9 nitrogen and oxygen atoms in total. The number of halogens is 4. The Hall–Kier alpha value is -4.72. The van der Waals surface area contributed by atoms with E-state index in [1.54, 1.807) is 0 Å². The zero-order valence-electron chi connectivity index (χ0n) is 24.4. The average molecular weight is 641 g/mol. The quantitative estimate of drug-likeness (QED) is 0.211. The van der Waals surface area contributed by atoms with E-state index < -0.39 is 18.2 Å². The van der Waals surface area contributed by atoms with Gasteiger partial charge in [-0.2, -0.15) is 4.99 Å². The van der Waals surface area contributed by atoms with Crippen molar-refractivity contribution in [3.8, 4) is 22.8 Å². The number of benzene rings is 3. The minimum absolute atomic E-state index is 0.0513. The second-order valence-electron chi connectivity index (χ2n) is 10.6. The molecule has 1 fully saturated rings. The summed E-state index contributed by atoms with van der Waals surface area (Å²) in [5.41, 5.74) is 3.32. The molecule has 1 saturated heterocycles. The van der Waals surface area contributed by atoms with Gasteiger partial charge in [-0.25, -0.2) is 18.9 Å². The summed E-state index contributed by atoms with van der Waals surface area (Å²) in [6.45, 7) is 5.63. The van der Waals surface area contributed by atoms with Gasteiger partial charge < -0.3 is 10.1 Å². The van der Waals surface area contributed by atoms with Crippen molar-refractivity contribution in [2.75, 3.05) is 10.7 Å². The number of hydrogen-bond acceptors (Lipinski definition) is 6. The van der Waals surface area contributed by atoms with E-state index in [2.05, 4.69) is 25.1 Å². The third kappa shape index (κ3) is 7.87. The number of amides is 3. The minimum Gasteiger partial charge on any atom is -0.406 e. The van der Waals surface area contributed by atoms with Crippen molar-refractivity contribution < 1.29 is 31.9 Å². The first-order chi connectivity index (χ1) is 21.4. The van der Waals surface area contributed by atoms with Crippen molar-refractivity contribution in [2.24, 2.45) is 4.99 Å². The van der Waals surface area contributed by atoms with Gasteiger partial charge >= 0.3 is 12.4 Å². The molecule has 0 bridgehead atoms. The van der Waals surface area contributed by atoms with Gasteiger partial charge in [0.2, 0.25) is 5.91 Å². The summed E-state index contributed by atoms with van der Waals surface area (Å²) in [7, 11) is 0. The van der Waals surface area contributed by atoms with E-state index in [1.807, 2.05) is 45.0 Å². The number of nitrogens with one attached hydrogen (secondary N) is 1. The molecule has 1 atom stereocenters. The van der Waals surface area contributed by atoms with Crippen LogP contribution < -0.4 is 15.0 Å². The van der Waals surface area contributed by atoms with E-state index in [4.69, 9.17) is 0 Å². The van der Waals surface area contributed by atoms with Crippen LogP contribution in [-0.4, -0.2) is 50.0 Å². The number of hydrogen-bond donors (Lipinski definition) is 1. The lowest BCUT2D eigenvalue weighted by Crippen LogP contribution is -2.35. The van der Waals surface area contributed by atoms with Crippen molar-refractivity contribution in [2.45, 2.75) is 45.5 Å². The maximum Gasteiger partial charge on any atom is 0.573 e. The number of thioether (sulfide) groups is 1. The number of carbonyl (C=O) groups excluding carboxylic acids is 2. The molecule has 14 heteroatoms. The highest BCUT2D eigenvalue weighted by molar-refractivity contribution is 8.15. The smallest absolute Gasteiger partial charge is 0.406 e. The molecule has 234 valence electrons. The third-order valence-corrected chi connectivity index (χ3v) is 7.69. The van der Waals surface area contributed by atoms with Crippen LogP contribution in [0.25, 0.3) is 17.1 Å². The number of carbonyl (C=O) groups is 2. The Balaban J connectivity index is 1.20. The number of alkyl halides is 3. The molecular weight excluding hydrogens is 612 g/mol. The molecule has 2 heterocycles. The first-order valence-corrected chi connectivity index (χ1v) is 14.9. The number of aromatic nitrogens is 3. The summed E-state index contributed by atoms with van der Waals surface area (Å²) in [5, 5.41) is 7.48. The molecule has 45 heavy (non-hydrogen) atoms. The van der Waals surface area contributed by atoms with Gasteiger partial charge in [-0.05, 0) is 72.9 Å². The molecule has 4 aromatic rings. The average Bonchev–Trinajstić information content (AvgIpc) is 3.60. The number of anilines is 1. The number of ether oxygens (including phenoxy) is 1. The predicted molar refractivity (Wildman–Crippen MR) is 163 cm³/mol. The van der Waals surface area contributed by atoms with E-state index in [9.17, 15) is 27.2 Å². The van der Waals surface area contributed by atoms with Crippen LogP contribution >= 0.6 is 11.8 Å². The molecule has 0 aliphatic carbocycles. The normalized spacial score (nSPS) is 15.2. The van der Waals surface area contributed by atoms with Crippen LogP contribution in [0, 0.1) is 5.82 Å². The Morgan fingerprint density at radius 3 is 2.44 bits per heavy atom. The number of aliphatic imine (C=N–C) groups is 1. The second kappa shape index (κ2) is 13.1. The fourth-order valence-corrected chi connectivity index (χ4v) is 5.58. The summed E-state index contributed by atoms with van der Waals surface area (Å²) in [6.07, 6.45) is -2.82. The molecule has 1 aliphatic heterocycles. The highest BCUT2D eigenvalue weighted by atomic mass is 32.2. The van der Waals surface area contributed by atoms with Gasteiger partial charge in [0.15, 0.2) is 11.0 Å². The Bertz CT molecular complexity index is 1720. The molecule has 1 N–H and O–H groups in total. The van der Waals surface area contributed by atoms with Crippen LogP contribution in [0.5, 0.6) is 5.75 Å². The van der Waals surface area contributed by atoms with Crippen LogP contribution in [0.3, 0.4) is 0 Å². The van der Waals surface area contributed by atoms with Crippen molar-refractivity contribution in [1.29, 1.82) is 0 Å². The standard InChI is InChI=1S/C31H28F4N6O3S/c1-18(2)25-15-22(32)8-13-26(25)41-27(42)16-45-30(41)38-29(43)37-19(3)14-20-4-6-21(7-5-20)28-36-17-40(39-28)23-9-11-24(12-10-23)44-31(33,34)35/h4-13,15,17-19H,14,16H2,1-3H3,(H,37,43). The topological polar surface area (TPSA) is 102 Å². The molecule has 1 aliphatic rings. The van der Waals surface area contributed by atoms with Crippen LogP contribution in [0.15, 0.2) is 78.0 Å². The summed E-state index contributed by atoms with van der Waals surface area (Å²) in [5.74, 6) is -0.480. The Morgan fingerprint density at radius 2 is 1.78 bits per heavy atom. The van der Waals surface area contributed by atoms with E-state index in [0.29, 0.717) is 29.2 Å². The van der Waals surface area contributed by atoms with Crippen LogP contribution in [0.4, 0.5) is 28.0 Å². The fourth-order valence-electron chi connectivity index (χ4n) is 4.72. The number of rotatable bonds is 8. The summed E-state index contributed by atoms with van der Waals surface area (Å²) >= 11 is 1.15. The maximum atomic E-state index is 13.9. The Morgan fingerprint density at radius 1 is 1.07 bits per heavy atom. The Labute approximate surface area is 260 Å². The lowest BCUT2D eigenvalue weighted by Gasteiger charge is -2.21. The fraction of sp³-hybridized carbons (Fsp3) is 0.258. The molecule has 3 amide bonds. The highest BCUT2D eigenvalue weighted by Gasteiger charge is 2.33. The first-order valence-electron chi connectivity index (χ1n) is 13.9. The zero-order chi connectivity index (χ0) is 32.3. The van der Waals surface area contributed by atoms with Gasteiger partial charge in [0.1, 0.15) is 17.9 Å². The van der Waals surface area contributed by atoms with Gasteiger partial charge in [0.05, 0.1) is 17.1 Å². The molecular formula is C31H28F4N6O3S.